The van der Waals surface area contributed by atoms with E-state index in [0.717, 1.165) is 32.2 Å². The number of halogens is 3. The van der Waals surface area contributed by atoms with Crippen molar-refractivity contribution in [3.8, 4) is 0 Å². The van der Waals surface area contributed by atoms with Crippen molar-refractivity contribution < 1.29 is 18.0 Å². The van der Waals surface area contributed by atoms with E-state index in [9.17, 15) is 18.0 Å². The molecule has 0 aromatic carbocycles. The first kappa shape index (κ1) is 17.5. The highest BCUT2D eigenvalue weighted by Gasteiger charge is 2.34. The van der Waals surface area contributed by atoms with Gasteiger partial charge in [0.05, 0.1) is 12.6 Å². The SMILES string of the molecule is CCN(CC1CCN(C(=O)[C@H]2CCCCN2)C1)CC(F)(F)F. The molecular weight excluding hydrogens is 295 g/mol. The van der Waals surface area contributed by atoms with Crippen LogP contribution in [0.1, 0.15) is 32.6 Å². The van der Waals surface area contributed by atoms with E-state index in [4.69, 9.17) is 0 Å². The Morgan fingerprint density at radius 2 is 2.09 bits per heavy atom. The van der Waals surface area contributed by atoms with Crippen molar-refractivity contribution in [3.63, 3.8) is 0 Å². The fourth-order valence-corrected chi connectivity index (χ4v) is 3.39. The lowest BCUT2D eigenvalue weighted by Gasteiger charge is -2.28. The van der Waals surface area contributed by atoms with E-state index in [1.807, 2.05) is 4.90 Å². The molecule has 2 aliphatic heterocycles. The summed E-state index contributed by atoms with van der Waals surface area (Å²) in [4.78, 5) is 15.7. The third kappa shape index (κ3) is 5.12. The number of hydrogen-bond donors (Lipinski definition) is 1. The summed E-state index contributed by atoms with van der Waals surface area (Å²) in [6, 6.07) is -0.0926. The van der Waals surface area contributed by atoms with Crippen LogP contribution in [-0.4, -0.2) is 67.2 Å². The van der Waals surface area contributed by atoms with Gasteiger partial charge in [-0.2, -0.15) is 13.2 Å². The van der Waals surface area contributed by atoms with E-state index in [1.165, 1.54) is 4.90 Å². The third-order valence-corrected chi connectivity index (χ3v) is 4.57. The first-order chi connectivity index (χ1) is 10.4. The summed E-state index contributed by atoms with van der Waals surface area (Å²) in [6.45, 7) is 3.82. The lowest BCUT2D eigenvalue weighted by atomic mass is 10.0. The van der Waals surface area contributed by atoms with Gasteiger partial charge in [0.1, 0.15) is 0 Å². The molecule has 2 fully saturated rings. The molecule has 1 N–H and O–H groups in total. The molecular formula is C15H26F3N3O. The average molecular weight is 321 g/mol. The Morgan fingerprint density at radius 3 is 2.68 bits per heavy atom. The molecule has 0 spiro atoms. The quantitative estimate of drug-likeness (QED) is 0.839. The maximum absolute atomic E-state index is 12.5. The number of amides is 1. The predicted molar refractivity (Wildman–Crippen MR) is 78.5 cm³/mol. The summed E-state index contributed by atoms with van der Waals surface area (Å²) in [5.74, 6) is 0.274. The van der Waals surface area contributed by atoms with Crippen LogP contribution in [0, 0.1) is 5.92 Å². The minimum absolute atomic E-state index is 0.0926. The van der Waals surface area contributed by atoms with Crippen molar-refractivity contribution in [2.45, 2.75) is 44.8 Å². The van der Waals surface area contributed by atoms with E-state index in [0.29, 0.717) is 26.2 Å². The van der Waals surface area contributed by atoms with Gasteiger partial charge >= 0.3 is 6.18 Å². The van der Waals surface area contributed by atoms with Crippen molar-refractivity contribution in [1.29, 1.82) is 0 Å². The van der Waals surface area contributed by atoms with E-state index < -0.39 is 12.7 Å². The van der Waals surface area contributed by atoms with Crippen LogP contribution in [0.4, 0.5) is 13.2 Å². The topological polar surface area (TPSA) is 35.6 Å². The van der Waals surface area contributed by atoms with E-state index in [1.54, 1.807) is 6.92 Å². The normalized spacial score (nSPS) is 26.7. The molecule has 1 unspecified atom stereocenters. The zero-order chi connectivity index (χ0) is 16.2. The van der Waals surface area contributed by atoms with Gasteiger partial charge in [0.15, 0.2) is 0 Å². The maximum atomic E-state index is 12.5. The van der Waals surface area contributed by atoms with Crippen molar-refractivity contribution in [3.05, 3.63) is 0 Å². The van der Waals surface area contributed by atoms with Crippen LogP contribution in [0.3, 0.4) is 0 Å². The molecule has 2 saturated heterocycles. The van der Waals surface area contributed by atoms with E-state index in [-0.39, 0.29) is 17.9 Å². The van der Waals surface area contributed by atoms with Crippen LogP contribution in [-0.2, 0) is 4.79 Å². The monoisotopic (exact) mass is 321 g/mol. The number of nitrogens with one attached hydrogen (secondary N) is 1. The zero-order valence-electron chi connectivity index (χ0n) is 13.2. The summed E-state index contributed by atoms with van der Waals surface area (Å²) >= 11 is 0. The summed E-state index contributed by atoms with van der Waals surface area (Å²) in [5, 5.41) is 3.24. The molecule has 2 aliphatic rings. The molecule has 128 valence electrons. The fourth-order valence-electron chi connectivity index (χ4n) is 3.39. The second-order valence-corrected chi connectivity index (χ2v) is 6.38. The third-order valence-electron chi connectivity index (χ3n) is 4.57. The largest absolute Gasteiger partial charge is 0.401 e. The summed E-state index contributed by atoms with van der Waals surface area (Å²) in [6.07, 6.45) is -0.316. The summed E-state index contributed by atoms with van der Waals surface area (Å²) in [5.41, 5.74) is 0. The Balaban J connectivity index is 1.80. The van der Waals surface area contributed by atoms with Gasteiger partial charge in [-0.05, 0) is 38.3 Å². The molecule has 2 heterocycles. The Hall–Kier alpha value is -0.820. The van der Waals surface area contributed by atoms with Gasteiger partial charge in [0.2, 0.25) is 5.91 Å². The summed E-state index contributed by atoms with van der Waals surface area (Å²) in [7, 11) is 0. The second-order valence-electron chi connectivity index (χ2n) is 6.38. The summed E-state index contributed by atoms with van der Waals surface area (Å²) < 4.78 is 37.5. The van der Waals surface area contributed by atoms with Crippen molar-refractivity contribution in [1.82, 2.24) is 15.1 Å². The van der Waals surface area contributed by atoms with Gasteiger partial charge in [0.25, 0.3) is 0 Å². The Bertz CT molecular complexity index is 370. The lowest BCUT2D eigenvalue weighted by molar-refractivity contribution is -0.146. The minimum atomic E-state index is -4.16. The second kappa shape index (κ2) is 7.64. The predicted octanol–water partition coefficient (Wildman–Crippen LogP) is 1.86. The molecule has 0 bridgehead atoms. The van der Waals surface area contributed by atoms with Gasteiger partial charge in [-0.1, -0.05) is 13.3 Å². The van der Waals surface area contributed by atoms with Crippen LogP contribution in [0.15, 0.2) is 0 Å². The number of nitrogens with zero attached hydrogens (tertiary/aromatic N) is 2. The minimum Gasteiger partial charge on any atom is -0.341 e. The van der Waals surface area contributed by atoms with Crippen molar-refractivity contribution >= 4 is 5.91 Å². The number of rotatable bonds is 5. The molecule has 0 aromatic heterocycles. The van der Waals surface area contributed by atoms with Crippen molar-refractivity contribution in [2.24, 2.45) is 5.92 Å². The first-order valence-corrected chi connectivity index (χ1v) is 8.20. The van der Waals surface area contributed by atoms with E-state index in [2.05, 4.69) is 5.32 Å². The number of alkyl halides is 3. The van der Waals surface area contributed by atoms with Crippen molar-refractivity contribution in [2.75, 3.05) is 39.3 Å². The highest BCUT2D eigenvalue weighted by molar-refractivity contribution is 5.82. The molecule has 22 heavy (non-hydrogen) atoms. The average Bonchev–Trinajstić information content (AvgIpc) is 2.93. The number of carbonyl (C=O) groups excluding carboxylic acids is 1. The standard InChI is InChI=1S/C15H26F3N3O/c1-2-20(11-15(16,17)18)9-12-6-8-21(10-12)14(22)13-5-3-4-7-19-13/h12-13,19H,2-11H2,1H3/t12?,13-/m1/s1. The van der Waals surface area contributed by atoms with Gasteiger partial charge in [-0.3, -0.25) is 9.69 Å². The molecule has 0 radical (unpaired) electrons. The Morgan fingerprint density at radius 1 is 1.32 bits per heavy atom. The highest BCUT2D eigenvalue weighted by atomic mass is 19.4. The number of hydrogen-bond acceptors (Lipinski definition) is 3. The van der Waals surface area contributed by atoms with Crippen LogP contribution >= 0.6 is 0 Å². The number of piperidine rings is 1. The van der Waals surface area contributed by atoms with Crippen LogP contribution in [0.2, 0.25) is 0 Å². The molecule has 4 nitrogen and oxygen atoms in total. The Kier molecular flexibility index (Phi) is 6.09. The molecule has 0 aromatic rings. The van der Waals surface area contributed by atoms with Gasteiger partial charge < -0.3 is 10.2 Å². The molecule has 2 rings (SSSR count). The molecule has 0 saturated carbocycles. The zero-order valence-corrected chi connectivity index (χ0v) is 13.2. The molecule has 0 aliphatic carbocycles. The Labute approximate surface area is 130 Å². The van der Waals surface area contributed by atoms with Gasteiger partial charge in [-0.15, -0.1) is 0 Å². The van der Waals surface area contributed by atoms with Crippen LogP contribution in [0.25, 0.3) is 0 Å². The van der Waals surface area contributed by atoms with Gasteiger partial charge in [-0.25, -0.2) is 0 Å². The van der Waals surface area contributed by atoms with E-state index >= 15 is 0 Å². The number of likely N-dealkylation sites (tertiary alicyclic amines) is 1. The lowest BCUT2D eigenvalue weighted by Crippen LogP contribution is -2.48. The fraction of sp³-hybridized carbons (Fsp3) is 0.933. The smallest absolute Gasteiger partial charge is 0.341 e. The van der Waals surface area contributed by atoms with Gasteiger partial charge in [0, 0.05) is 19.6 Å². The molecule has 1 amide bonds. The maximum Gasteiger partial charge on any atom is 0.401 e. The molecule has 7 heteroatoms. The molecule has 2 atom stereocenters. The van der Waals surface area contributed by atoms with Crippen LogP contribution in [0.5, 0.6) is 0 Å². The number of carbonyl (C=O) groups is 1. The van der Waals surface area contributed by atoms with Crippen LogP contribution < -0.4 is 5.32 Å². The highest BCUT2D eigenvalue weighted by Crippen LogP contribution is 2.22. The first-order valence-electron chi connectivity index (χ1n) is 8.20.